The molecule has 4 aliphatic carbocycles. The first-order chi connectivity index (χ1) is 26.5. The van der Waals surface area contributed by atoms with E-state index in [0.717, 1.165) is 38.4 Å². The third-order valence-corrected chi connectivity index (χ3v) is 13.7. The van der Waals surface area contributed by atoms with Crippen LogP contribution in [0.3, 0.4) is 0 Å². The van der Waals surface area contributed by atoms with E-state index in [9.17, 15) is 29.1 Å². The van der Waals surface area contributed by atoms with Crippen molar-refractivity contribution in [1.29, 1.82) is 0 Å². The van der Waals surface area contributed by atoms with Crippen LogP contribution in [0.15, 0.2) is 58.3 Å². The molecule has 0 atom stereocenters. The number of hydrogen-bond donors (Lipinski definition) is 2. The topological polar surface area (TPSA) is 144 Å². The van der Waals surface area contributed by atoms with E-state index in [1.54, 1.807) is 24.3 Å². The fourth-order valence-corrected chi connectivity index (χ4v) is 10.0. The number of Topliss-reactive ketones (excluding diaryl/α,β-unsaturated/α-hetero) is 5. The standard InChI is InChI=1S/C17H16O4S.C17H14O4S.C4H9I.C4H10.CH4O.B.Na.H/c2*18-10-5-7-17(8-6-10)9-22-16-14(20)13(19)11-3-1-2-4-12(11)15(16)21-17;1-2-3-4-5;1-3-4-2;1-2;;;/h1-4,10,18H,5-9H2;1-4H,5-9H2;2-4H2,1H3;3-4H2,1-2H3;2H,1H3;;;/q;;;;;;+1;-1. The summed E-state index contributed by atoms with van der Waals surface area (Å²) in [6, 6.07) is 14.2. The molecule has 57 heavy (non-hydrogen) atoms. The normalized spacial score (nSPS) is 22.2. The molecule has 2 N–H and O–H groups in total. The van der Waals surface area contributed by atoms with Crippen molar-refractivity contribution >= 4 is 95.0 Å². The van der Waals surface area contributed by atoms with E-state index in [1.807, 2.05) is 24.3 Å². The van der Waals surface area contributed by atoms with E-state index in [-0.39, 0.29) is 62.5 Å². The van der Waals surface area contributed by atoms with Crippen LogP contribution in [0, 0.1) is 0 Å². The second-order valence-corrected chi connectivity index (χ2v) is 17.2. The van der Waals surface area contributed by atoms with Crippen LogP contribution in [-0.2, 0) is 23.9 Å². The molecule has 0 aromatic heterocycles. The molecule has 2 spiro atoms. The zero-order valence-corrected chi connectivity index (χ0v) is 39.6. The number of ketones is 5. The minimum Gasteiger partial charge on any atom is -1.00 e. The van der Waals surface area contributed by atoms with Crippen LogP contribution in [-0.4, -0.2) is 87.9 Å². The van der Waals surface area contributed by atoms with Gasteiger partial charge in [-0.15, -0.1) is 23.5 Å². The number of thioether (sulfide) groups is 2. The van der Waals surface area contributed by atoms with E-state index in [4.69, 9.17) is 14.6 Å². The molecule has 0 saturated heterocycles. The molecule has 0 amide bonds. The van der Waals surface area contributed by atoms with E-state index in [2.05, 4.69) is 43.4 Å². The number of rotatable bonds is 3. The van der Waals surface area contributed by atoms with Crippen LogP contribution in [0.5, 0.6) is 0 Å². The largest absolute Gasteiger partial charge is 1.00 e. The number of carbonyl (C=O) groups is 5. The summed E-state index contributed by atoms with van der Waals surface area (Å²) in [6.45, 7) is 6.57. The fraction of sp³-hybridized carbons (Fsp3) is 0.512. The number of allylic oxidation sites excluding steroid dienone is 2. The Morgan fingerprint density at radius 2 is 1.05 bits per heavy atom. The summed E-state index contributed by atoms with van der Waals surface area (Å²) in [6.07, 6.45) is 10.5. The van der Waals surface area contributed by atoms with Crippen molar-refractivity contribution in [3.8, 4) is 0 Å². The van der Waals surface area contributed by atoms with Gasteiger partial charge in [0.15, 0.2) is 0 Å². The molecule has 2 aromatic rings. The smallest absolute Gasteiger partial charge is 1.00 e. The van der Waals surface area contributed by atoms with Crippen molar-refractivity contribution in [3.05, 3.63) is 80.6 Å². The fourth-order valence-electron chi connectivity index (χ4n) is 6.76. The van der Waals surface area contributed by atoms with E-state index >= 15 is 0 Å². The summed E-state index contributed by atoms with van der Waals surface area (Å²) in [5.74, 6) is 0.832. The average Bonchev–Trinajstić information content (AvgIpc) is 3.23. The summed E-state index contributed by atoms with van der Waals surface area (Å²) >= 11 is 5.22. The monoisotopic (exact) mass is 939 g/mol. The van der Waals surface area contributed by atoms with Crippen molar-refractivity contribution in [2.75, 3.05) is 23.0 Å². The molecule has 0 bridgehead atoms. The molecule has 2 aromatic carbocycles. The number of fused-ring (bicyclic) bond motifs is 4. The van der Waals surface area contributed by atoms with Gasteiger partial charge in [0.1, 0.15) is 38.3 Å². The Balaban J connectivity index is 0.000000446. The second-order valence-electron chi connectivity index (χ2n) is 14.2. The SMILES string of the molecule is CCCC.CCCCI.CO.O=C1C(=O)c2ccccc2C2=C1SCC1(CCC(O)CC1)O2.O=C1CCC2(CC1)CSC1=C(O2)c2ccccc2C(=O)C1=O.[B].[H-].[Na+]. The van der Waals surface area contributed by atoms with Crippen molar-refractivity contribution in [2.24, 2.45) is 0 Å². The van der Waals surface area contributed by atoms with Gasteiger partial charge in [-0.1, -0.05) is 111 Å². The summed E-state index contributed by atoms with van der Waals surface area (Å²) < 4.78 is 13.8. The van der Waals surface area contributed by atoms with Gasteiger partial charge >= 0.3 is 29.6 Å². The molecule has 8 rings (SSSR count). The van der Waals surface area contributed by atoms with E-state index in [0.29, 0.717) is 75.2 Å². The first-order valence-corrected chi connectivity index (χ1v) is 22.7. The third-order valence-electron chi connectivity index (χ3n) is 10.2. The number of hydrogen-bond acceptors (Lipinski definition) is 11. The molecule has 2 heterocycles. The average molecular weight is 940 g/mol. The molecule has 6 aliphatic rings. The van der Waals surface area contributed by atoms with E-state index < -0.39 is 23.1 Å². The molecule has 9 nitrogen and oxygen atoms in total. The molecule has 0 unspecified atom stereocenters. The maximum absolute atomic E-state index is 12.3. The Morgan fingerprint density at radius 1 is 0.667 bits per heavy atom. The van der Waals surface area contributed by atoms with E-state index in [1.165, 1.54) is 53.6 Å². The Kier molecular flexibility index (Phi) is 22.1. The summed E-state index contributed by atoms with van der Waals surface area (Å²) in [7, 11) is 1.00. The van der Waals surface area contributed by atoms with Crippen molar-refractivity contribution in [2.45, 2.75) is 115 Å². The van der Waals surface area contributed by atoms with Gasteiger partial charge in [0.25, 0.3) is 0 Å². The molecule has 2 saturated carbocycles. The quantitative estimate of drug-likeness (QED) is 0.170. The van der Waals surface area contributed by atoms with Gasteiger partial charge in [0, 0.05) is 62.1 Å². The number of aliphatic hydroxyl groups excluding tert-OH is 2. The van der Waals surface area contributed by atoms with Crippen LogP contribution in [0.2, 0.25) is 0 Å². The molecular weight excluding hydrogens is 885 g/mol. The van der Waals surface area contributed by atoms with Crippen LogP contribution in [0.25, 0.3) is 11.5 Å². The summed E-state index contributed by atoms with van der Waals surface area (Å²) in [5.41, 5.74) is 1.56. The number of benzene rings is 2. The Labute approximate surface area is 385 Å². The van der Waals surface area contributed by atoms with Crippen LogP contribution >= 0.6 is 46.1 Å². The minimum absolute atomic E-state index is 0. The number of unbranched alkanes of at least 4 members (excludes halogenated alkanes) is 2. The van der Waals surface area contributed by atoms with Crippen LogP contribution in [0.4, 0.5) is 0 Å². The van der Waals surface area contributed by atoms with Gasteiger partial charge < -0.3 is 21.1 Å². The molecule has 14 heteroatoms. The molecule has 3 radical (unpaired) electrons. The van der Waals surface area contributed by atoms with Gasteiger partial charge in [-0.05, 0) is 49.4 Å². The molecule has 303 valence electrons. The molecule has 2 aliphatic heterocycles. The number of halogens is 1. The van der Waals surface area contributed by atoms with Crippen molar-refractivity contribution < 1.29 is 74.6 Å². The van der Waals surface area contributed by atoms with Crippen molar-refractivity contribution in [3.63, 3.8) is 0 Å². The van der Waals surface area contributed by atoms with Crippen molar-refractivity contribution in [1.82, 2.24) is 0 Å². The minimum atomic E-state index is -0.472. The van der Waals surface area contributed by atoms with Gasteiger partial charge in [-0.25, -0.2) is 0 Å². The van der Waals surface area contributed by atoms with Crippen LogP contribution in [0.1, 0.15) is 131 Å². The van der Waals surface area contributed by atoms with Crippen LogP contribution < -0.4 is 29.6 Å². The number of ether oxygens (including phenoxy) is 2. The Morgan fingerprint density at radius 3 is 1.40 bits per heavy atom. The number of aliphatic hydroxyl groups is 2. The predicted molar refractivity (Wildman–Crippen MR) is 235 cm³/mol. The third kappa shape index (κ3) is 12.4. The molecular formula is C43H54BINaO9S2. The zero-order valence-electron chi connectivity index (χ0n) is 34.8. The maximum atomic E-state index is 12.3. The summed E-state index contributed by atoms with van der Waals surface area (Å²) in [4.78, 5) is 61.3. The Bertz CT molecular complexity index is 1800. The predicted octanol–water partition coefficient (Wildman–Crippen LogP) is 5.70. The number of alkyl halides is 1. The summed E-state index contributed by atoms with van der Waals surface area (Å²) in [5, 5.41) is 16.7. The Hall–Kier alpha value is -1.72. The second kappa shape index (κ2) is 24.5. The zero-order chi connectivity index (χ0) is 40.2. The molecule has 2 fully saturated rings. The van der Waals surface area contributed by atoms with Gasteiger partial charge in [-0.2, -0.15) is 0 Å². The number of carbonyl (C=O) groups excluding carboxylic acids is 5. The first-order valence-electron chi connectivity index (χ1n) is 19.2. The van der Waals surface area contributed by atoms with Gasteiger partial charge in [-0.3, -0.25) is 24.0 Å². The van der Waals surface area contributed by atoms with Gasteiger partial charge in [0.05, 0.1) is 6.10 Å². The first kappa shape index (κ1) is 51.4. The maximum Gasteiger partial charge on any atom is 1.00 e. The van der Waals surface area contributed by atoms with Gasteiger partial charge in [0.2, 0.25) is 23.1 Å².